The van der Waals surface area contributed by atoms with Gasteiger partial charge in [0.05, 0.1) is 10.7 Å². The van der Waals surface area contributed by atoms with Crippen LogP contribution < -0.4 is 5.73 Å². The van der Waals surface area contributed by atoms with Gasteiger partial charge in [0.1, 0.15) is 0 Å². The van der Waals surface area contributed by atoms with Crippen LogP contribution in [0.25, 0.3) is 0 Å². The van der Waals surface area contributed by atoms with Gasteiger partial charge in [-0.2, -0.15) is 0 Å². The number of rotatable bonds is 7. The van der Waals surface area contributed by atoms with Gasteiger partial charge in [-0.3, -0.25) is 9.88 Å². The maximum absolute atomic E-state index is 5.67. The van der Waals surface area contributed by atoms with Gasteiger partial charge in [-0.15, -0.1) is 0 Å². The van der Waals surface area contributed by atoms with Gasteiger partial charge >= 0.3 is 0 Å². The molecule has 1 heterocycles. The van der Waals surface area contributed by atoms with E-state index in [1.165, 1.54) is 0 Å². The van der Waals surface area contributed by atoms with Crippen LogP contribution in [0.1, 0.15) is 38.1 Å². The third kappa shape index (κ3) is 4.70. The first-order valence-electron chi connectivity index (χ1n) is 6.51. The van der Waals surface area contributed by atoms with Crippen molar-refractivity contribution in [1.82, 2.24) is 9.88 Å². The molecule has 0 aliphatic heterocycles. The molecule has 100 valence electrons. The van der Waals surface area contributed by atoms with E-state index in [-0.39, 0.29) is 0 Å². The summed E-state index contributed by atoms with van der Waals surface area (Å²) < 4.78 is 0. The molecule has 1 atom stereocenters. The average Bonchev–Trinajstić information content (AvgIpc) is 2.33. The standard InChI is InChI=1S/C14H23N3S/c1-4-13(9-14(15)18)17(5-2)10-12-8-6-7-11(3)16-12/h6-8,13H,4-5,9-10H2,1-3H3,(H2,15,18). The minimum absolute atomic E-state index is 0.412. The number of hydrogen-bond donors (Lipinski definition) is 1. The Morgan fingerprint density at radius 1 is 1.44 bits per heavy atom. The lowest BCUT2D eigenvalue weighted by atomic mass is 10.1. The van der Waals surface area contributed by atoms with Crippen molar-refractivity contribution in [2.45, 2.75) is 46.2 Å². The van der Waals surface area contributed by atoms with Gasteiger partial charge in [0.2, 0.25) is 0 Å². The summed E-state index contributed by atoms with van der Waals surface area (Å²) in [5, 5.41) is 0. The number of nitrogens with two attached hydrogens (primary N) is 1. The van der Waals surface area contributed by atoms with E-state index < -0.39 is 0 Å². The van der Waals surface area contributed by atoms with Gasteiger partial charge in [-0.05, 0) is 32.0 Å². The van der Waals surface area contributed by atoms with E-state index in [0.717, 1.165) is 37.3 Å². The fraction of sp³-hybridized carbons (Fsp3) is 0.571. The molecule has 0 fully saturated rings. The van der Waals surface area contributed by atoms with Crippen LogP contribution in [0.4, 0.5) is 0 Å². The van der Waals surface area contributed by atoms with Crippen LogP contribution in [0.5, 0.6) is 0 Å². The van der Waals surface area contributed by atoms with Crippen molar-refractivity contribution in [3.05, 3.63) is 29.6 Å². The highest BCUT2D eigenvalue weighted by Crippen LogP contribution is 2.13. The van der Waals surface area contributed by atoms with Crippen LogP contribution in [-0.4, -0.2) is 27.5 Å². The van der Waals surface area contributed by atoms with Gasteiger partial charge in [0, 0.05) is 24.7 Å². The van der Waals surface area contributed by atoms with Gasteiger partial charge in [0.15, 0.2) is 0 Å². The number of thiocarbonyl (C=S) groups is 1. The van der Waals surface area contributed by atoms with E-state index in [4.69, 9.17) is 18.0 Å². The molecule has 1 aromatic rings. The van der Waals surface area contributed by atoms with E-state index in [1.54, 1.807) is 0 Å². The molecule has 0 aromatic carbocycles. The Bertz CT molecular complexity index is 392. The molecule has 0 amide bonds. The lowest BCUT2D eigenvalue weighted by Crippen LogP contribution is -2.37. The van der Waals surface area contributed by atoms with Gasteiger partial charge < -0.3 is 5.73 Å². The largest absolute Gasteiger partial charge is 0.393 e. The Morgan fingerprint density at radius 2 is 2.17 bits per heavy atom. The van der Waals surface area contributed by atoms with Crippen molar-refractivity contribution in [2.24, 2.45) is 5.73 Å². The van der Waals surface area contributed by atoms with Crippen molar-refractivity contribution in [2.75, 3.05) is 6.54 Å². The second-order valence-electron chi connectivity index (χ2n) is 4.57. The molecule has 0 aliphatic rings. The Hall–Kier alpha value is -1.00. The SMILES string of the molecule is CCC(CC(N)=S)N(CC)Cc1cccc(C)n1. The van der Waals surface area contributed by atoms with Crippen LogP contribution in [0.3, 0.4) is 0 Å². The van der Waals surface area contributed by atoms with E-state index in [9.17, 15) is 0 Å². The zero-order valence-corrected chi connectivity index (χ0v) is 12.3. The molecule has 0 saturated heterocycles. The number of hydrogen-bond acceptors (Lipinski definition) is 3. The summed E-state index contributed by atoms with van der Waals surface area (Å²) in [5.41, 5.74) is 7.84. The molecule has 1 unspecified atom stereocenters. The van der Waals surface area contributed by atoms with Crippen LogP contribution in [-0.2, 0) is 6.54 Å². The third-order valence-corrected chi connectivity index (χ3v) is 3.31. The molecule has 3 nitrogen and oxygen atoms in total. The maximum Gasteiger partial charge on any atom is 0.0743 e. The number of aromatic nitrogens is 1. The Morgan fingerprint density at radius 3 is 2.67 bits per heavy atom. The number of pyridine rings is 1. The topological polar surface area (TPSA) is 42.1 Å². The van der Waals surface area contributed by atoms with Crippen molar-refractivity contribution >= 4 is 17.2 Å². The highest BCUT2D eigenvalue weighted by Gasteiger charge is 2.16. The molecule has 0 saturated carbocycles. The molecule has 18 heavy (non-hydrogen) atoms. The second-order valence-corrected chi connectivity index (χ2v) is 5.09. The molecule has 1 rings (SSSR count). The van der Waals surface area contributed by atoms with Crippen molar-refractivity contribution in [3.8, 4) is 0 Å². The van der Waals surface area contributed by atoms with Crippen molar-refractivity contribution in [1.29, 1.82) is 0 Å². The molecule has 4 heteroatoms. The van der Waals surface area contributed by atoms with E-state index in [0.29, 0.717) is 11.0 Å². The summed E-state index contributed by atoms with van der Waals surface area (Å²) in [4.78, 5) is 7.54. The Balaban J connectivity index is 2.73. The fourth-order valence-electron chi connectivity index (χ4n) is 2.16. The van der Waals surface area contributed by atoms with Gasteiger partial charge in [0.25, 0.3) is 0 Å². The van der Waals surface area contributed by atoms with Crippen molar-refractivity contribution in [3.63, 3.8) is 0 Å². The summed E-state index contributed by atoms with van der Waals surface area (Å²) in [7, 11) is 0. The minimum atomic E-state index is 0.412. The lowest BCUT2D eigenvalue weighted by Gasteiger charge is -2.29. The zero-order chi connectivity index (χ0) is 13.5. The maximum atomic E-state index is 5.67. The monoisotopic (exact) mass is 265 g/mol. The van der Waals surface area contributed by atoms with Crippen LogP contribution in [0, 0.1) is 6.92 Å². The van der Waals surface area contributed by atoms with Gasteiger partial charge in [-0.1, -0.05) is 32.1 Å². The summed E-state index contributed by atoms with van der Waals surface area (Å²) >= 11 is 5.03. The normalized spacial score (nSPS) is 12.7. The van der Waals surface area contributed by atoms with Crippen molar-refractivity contribution < 1.29 is 0 Å². The molecule has 0 bridgehead atoms. The number of aryl methyl sites for hydroxylation is 1. The minimum Gasteiger partial charge on any atom is -0.393 e. The van der Waals surface area contributed by atoms with Gasteiger partial charge in [-0.25, -0.2) is 0 Å². The quantitative estimate of drug-likeness (QED) is 0.770. The van der Waals surface area contributed by atoms with Crippen LogP contribution in [0.15, 0.2) is 18.2 Å². The summed E-state index contributed by atoms with van der Waals surface area (Å²) in [6.07, 6.45) is 1.84. The Labute approximate surface area is 115 Å². The average molecular weight is 265 g/mol. The zero-order valence-electron chi connectivity index (χ0n) is 11.5. The molecule has 2 N–H and O–H groups in total. The van der Waals surface area contributed by atoms with Crippen LogP contribution in [0.2, 0.25) is 0 Å². The lowest BCUT2D eigenvalue weighted by molar-refractivity contribution is 0.194. The van der Waals surface area contributed by atoms with E-state index in [1.807, 2.05) is 13.0 Å². The predicted molar refractivity (Wildman–Crippen MR) is 80.5 cm³/mol. The number of nitrogens with zero attached hydrogens (tertiary/aromatic N) is 2. The first-order valence-corrected chi connectivity index (χ1v) is 6.92. The Kier molecular flexibility index (Phi) is 6.22. The first-order chi connectivity index (χ1) is 8.56. The summed E-state index contributed by atoms with van der Waals surface area (Å²) in [5.74, 6) is 0. The molecule has 0 spiro atoms. The molecule has 0 aliphatic carbocycles. The van der Waals surface area contributed by atoms with E-state index >= 15 is 0 Å². The predicted octanol–water partition coefficient (Wildman–Crippen LogP) is 2.67. The molecular formula is C14H23N3S. The summed E-state index contributed by atoms with van der Waals surface area (Å²) in [6, 6.07) is 6.56. The van der Waals surface area contributed by atoms with Crippen LogP contribution >= 0.6 is 12.2 Å². The first kappa shape index (κ1) is 15.1. The third-order valence-electron chi connectivity index (χ3n) is 3.14. The smallest absolute Gasteiger partial charge is 0.0743 e. The fourth-order valence-corrected chi connectivity index (χ4v) is 2.35. The van der Waals surface area contributed by atoms with E-state index in [2.05, 4.69) is 35.9 Å². The highest BCUT2D eigenvalue weighted by molar-refractivity contribution is 7.80. The molecule has 0 radical (unpaired) electrons. The second kappa shape index (κ2) is 7.44. The summed E-state index contributed by atoms with van der Waals surface area (Å²) in [6.45, 7) is 8.20. The molecular weight excluding hydrogens is 242 g/mol. The highest BCUT2D eigenvalue weighted by atomic mass is 32.1. The molecule has 1 aromatic heterocycles.